The largest absolute Gasteiger partial charge is 0.0852 e. The summed E-state index contributed by atoms with van der Waals surface area (Å²) >= 11 is 0. The summed E-state index contributed by atoms with van der Waals surface area (Å²) in [4.78, 5) is 0. The van der Waals surface area contributed by atoms with E-state index in [1.165, 1.54) is 60.9 Å². The molecule has 3 radical (unpaired) electrons. The third-order valence-electron chi connectivity index (χ3n) is 8.25. The average Bonchev–Trinajstić information content (AvgIpc) is 3.03. The van der Waals surface area contributed by atoms with E-state index >= 15 is 0 Å². The van der Waals surface area contributed by atoms with Crippen LogP contribution in [0.15, 0.2) is 120 Å². The zero-order valence-electron chi connectivity index (χ0n) is 21.3. The Morgan fingerprint density at radius 2 is 1.47 bits per heavy atom. The molecular weight excluding hydrogens is 448 g/mol. The molecule has 1 atom stereocenters. The maximum absolute atomic E-state index is 3.83. The highest BCUT2D eigenvalue weighted by Crippen LogP contribution is 2.58. The predicted molar refractivity (Wildman–Crippen MR) is 154 cm³/mol. The van der Waals surface area contributed by atoms with Gasteiger partial charge in [0.2, 0.25) is 0 Å². The highest BCUT2D eigenvalue weighted by molar-refractivity contribution is 6.22. The van der Waals surface area contributed by atoms with Crippen LogP contribution in [0.1, 0.15) is 60.1 Å². The molecule has 3 aliphatic carbocycles. The van der Waals surface area contributed by atoms with E-state index in [-0.39, 0.29) is 5.41 Å². The molecule has 0 spiro atoms. The van der Waals surface area contributed by atoms with Crippen molar-refractivity contribution in [1.82, 2.24) is 0 Å². The van der Waals surface area contributed by atoms with E-state index in [4.69, 9.17) is 0 Å². The second-order valence-corrected chi connectivity index (χ2v) is 11.0. The Kier molecular flexibility index (Phi) is 5.69. The summed E-state index contributed by atoms with van der Waals surface area (Å²) in [6, 6.07) is 27.2. The molecule has 3 aromatic carbocycles. The van der Waals surface area contributed by atoms with Crippen molar-refractivity contribution < 1.29 is 0 Å². The number of rotatable bonds is 3. The molecular formula is C35H31Si. The van der Waals surface area contributed by atoms with E-state index < -0.39 is 0 Å². The van der Waals surface area contributed by atoms with Crippen molar-refractivity contribution in [3.8, 4) is 0 Å². The minimum absolute atomic E-state index is 0.336. The summed E-state index contributed by atoms with van der Waals surface area (Å²) in [7, 11) is 3.83. The molecule has 0 nitrogen and oxygen atoms in total. The van der Waals surface area contributed by atoms with Crippen molar-refractivity contribution in [2.24, 2.45) is 5.92 Å². The molecule has 3 aliphatic rings. The van der Waals surface area contributed by atoms with Crippen molar-refractivity contribution in [2.75, 3.05) is 0 Å². The molecule has 0 saturated carbocycles. The lowest BCUT2D eigenvalue weighted by atomic mass is 9.66. The lowest BCUT2D eigenvalue weighted by molar-refractivity contribution is 0.758. The van der Waals surface area contributed by atoms with Crippen LogP contribution in [0.5, 0.6) is 0 Å². The van der Waals surface area contributed by atoms with Crippen LogP contribution in [-0.2, 0) is 5.41 Å². The number of fused-ring (bicyclic) bond motifs is 2. The molecule has 0 amide bonds. The van der Waals surface area contributed by atoms with Crippen LogP contribution in [0.25, 0.3) is 11.1 Å². The van der Waals surface area contributed by atoms with Crippen LogP contribution in [0, 0.1) is 12.8 Å². The van der Waals surface area contributed by atoms with Gasteiger partial charge in [-0.05, 0) is 82.9 Å². The zero-order chi connectivity index (χ0) is 24.9. The normalized spacial score (nSPS) is 20.2. The maximum Gasteiger partial charge on any atom is 0.0710 e. The summed E-state index contributed by atoms with van der Waals surface area (Å²) in [5, 5.41) is 1.32. The lowest BCUT2D eigenvalue weighted by Crippen LogP contribution is -2.29. The molecule has 0 aliphatic heterocycles. The van der Waals surface area contributed by atoms with E-state index in [0.29, 0.717) is 5.92 Å². The summed E-state index contributed by atoms with van der Waals surface area (Å²) in [5.41, 5.74) is 13.5. The maximum atomic E-state index is 3.83. The third-order valence-corrected chi connectivity index (χ3v) is 8.90. The minimum atomic E-state index is -0.354. The molecule has 0 aromatic heterocycles. The summed E-state index contributed by atoms with van der Waals surface area (Å²) in [5.74, 6) is 0.336. The molecule has 0 heterocycles. The number of hydrogen-bond acceptors (Lipinski definition) is 0. The molecule has 0 fully saturated rings. The first-order valence-electron chi connectivity index (χ1n) is 13.0. The fraction of sp³-hybridized carbons (Fsp3) is 0.200. The molecule has 36 heavy (non-hydrogen) atoms. The summed E-state index contributed by atoms with van der Waals surface area (Å²) in [6.45, 7) is 6.84. The Morgan fingerprint density at radius 3 is 2.11 bits per heavy atom. The fourth-order valence-electron chi connectivity index (χ4n) is 6.52. The van der Waals surface area contributed by atoms with Crippen LogP contribution >= 0.6 is 0 Å². The zero-order valence-corrected chi connectivity index (χ0v) is 22.3. The second kappa shape index (κ2) is 8.91. The molecule has 3 aromatic rings. The second-order valence-electron chi connectivity index (χ2n) is 10.4. The van der Waals surface area contributed by atoms with Crippen molar-refractivity contribution >= 4 is 21.4 Å². The number of benzene rings is 3. The molecule has 1 heteroatoms. The monoisotopic (exact) mass is 479 g/mol. The standard InChI is InChI=1S/C35H31Si/c1-23-12-10-11-17-31-34(23)30-21-24(2)29(26-18-19-33(36)25(3)20-26)22-32(30)35(31,27-13-6-4-7-14-27)28-15-8-5-9-16-28/h4-17,20-23H,18-19H2,1-3H3. The van der Waals surface area contributed by atoms with Crippen molar-refractivity contribution in [1.29, 1.82) is 0 Å². The van der Waals surface area contributed by atoms with Gasteiger partial charge in [-0.2, -0.15) is 0 Å². The molecule has 0 bridgehead atoms. The predicted octanol–water partition coefficient (Wildman–Crippen LogP) is 8.48. The smallest absolute Gasteiger partial charge is 0.0710 e. The Labute approximate surface area is 218 Å². The minimum Gasteiger partial charge on any atom is -0.0852 e. The summed E-state index contributed by atoms with van der Waals surface area (Å²) in [6.07, 6.45) is 13.7. The highest BCUT2D eigenvalue weighted by atomic mass is 28.1. The van der Waals surface area contributed by atoms with E-state index in [0.717, 1.165) is 12.8 Å². The van der Waals surface area contributed by atoms with E-state index in [2.05, 4.69) is 134 Å². The number of allylic oxidation sites excluding steroid dienone is 10. The van der Waals surface area contributed by atoms with Gasteiger partial charge in [-0.15, -0.1) is 0 Å². The van der Waals surface area contributed by atoms with Gasteiger partial charge in [0.15, 0.2) is 0 Å². The fourth-order valence-corrected chi connectivity index (χ4v) is 6.72. The van der Waals surface area contributed by atoms with Gasteiger partial charge >= 0.3 is 0 Å². The SMILES string of the molecule is CC1=C([Si])CCC(c2cc3c(cc2C)C2=C(C=CC=CC2C)C3(c2ccccc2)c2ccccc2)=C1. The lowest BCUT2D eigenvalue weighted by Gasteiger charge is -2.35. The molecule has 0 saturated heterocycles. The number of aryl methyl sites for hydroxylation is 1. The third kappa shape index (κ3) is 3.41. The molecule has 175 valence electrons. The van der Waals surface area contributed by atoms with Gasteiger partial charge in [0, 0.05) is 5.92 Å². The first-order chi connectivity index (χ1) is 17.5. The highest BCUT2D eigenvalue weighted by Gasteiger charge is 2.48. The van der Waals surface area contributed by atoms with Gasteiger partial charge in [-0.25, -0.2) is 0 Å². The molecule has 1 unspecified atom stereocenters. The Bertz CT molecular complexity index is 1450. The topological polar surface area (TPSA) is 0 Å². The van der Waals surface area contributed by atoms with Gasteiger partial charge in [0.25, 0.3) is 0 Å². The summed E-state index contributed by atoms with van der Waals surface area (Å²) < 4.78 is 0. The average molecular weight is 480 g/mol. The van der Waals surface area contributed by atoms with Crippen LogP contribution < -0.4 is 0 Å². The van der Waals surface area contributed by atoms with Crippen LogP contribution in [-0.4, -0.2) is 10.2 Å². The van der Waals surface area contributed by atoms with E-state index in [1.54, 1.807) is 0 Å². The van der Waals surface area contributed by atoms with E-state index in [9.17, 15) is 0 Å². The van der Waals surface area contributed by atoms with Gasteiger partial charge in [0.1, 0.15) is 0 Å². The van der Waals surface area contributed by atoms with E-state index in [1.807, 2.05) is 0 Å². The van der Waals surface area contributed by atoms with Crippen LogP contribution in [0.4, 0.5) is 0 Å². The van der Waals surface area contributed by atoms with Crippen LogP contribution in [0.3, 0.4) is 0 Å². The van der Waals surface area contributed by atoms with Crippen molar-refractivity contribution in [3.63, 3.8) is 0 Å². The van der Waals surface area contributed by atoms with Gasteiger partial charge in [0.05, 0.1) is 15.7 Å². The Morgan fingerprint density at radius 1 is 0.806 bits per heavy atom. The van der Waals surface area contributed by atoms with Gasteiger partial charge < -0.3 is 0 Å². The van der Waals surface area contributed by atoms with Gasteiger partial charge in [-0.3, -0.25) is 0 Å². The number of hydrogen-bond donors (Lipinski definition) is 0. The quantitative estimate of drug-likeness (QED) is 0.330. The van der Waals surface area contributed by atoms with Crippen LogP contribution in [0.2, 0.25) is 0 Å². The molecule has 6 rings (SSSR count). The Hall–Kier alpha value is -3.42. The van der Waals surface area contributed by atoms with Gasteiger partial charge in [-0.1, -0.05) is 115 Å². The Balaban J connectivity index is 1.73. The first kappa shape index (κ1) is 23.0. The van der Waals surface area contributed by atoms with Crippen molar-refractivity contribution in [2.45, 2.75) is 39.0 Å². The first-order valence-corrected chi connectivity index (χ1v) is 13.5. The van der Waals surface area contributed by atoms with Crippen molar-refractivity contribution in [3.05, 3.63) is 153 Å². The molecule has 0 N–H and O–H groups in total.